The minimum Gasteiger partial charge on any atom is -0.493 e. The zero-order valence-corrected chi connectivity index (χ0v) is 12.2. The number of rotatable bonds is 7. The molecular weight excluding hydrogens is 272 g/mol. The second-order valence-electron chi connectivity index (χ2n) is 6.03. The predicted octanol–water partition coefficient (Wildman–Crippen LogP) is 3.66. The van der Waals surface area contributed by atoms with Crippen molar-refractivity contribution in [2.75, 3.05) is 6.61 Å². The minimum atomic E-state index is 0.107. The summed E-state index contributed by atoms with van der Waals surface area (Å²) < 4.78 is 5.97. The highest BCUT2D eigenvalue weighted by Gasteiger charge is 2.43. The average Bonchev–Trinajstić information content (AvgIpc) is 3.32. The summed E-state index contributed by atoms with van der Waals surface area (Å²) in [7, 11) is 0. The SMILES string of the molecule is N#CCC1(COc2ccc(Cl)cc2CNC2CC2)CC1. The van der Waals surface area contributed by atoms with Crippen LogP contribution in [0.25, 0.3) is 0 Å². The molecule has 3 nitrogen and oxygen atoms in total. The fourth-order valence-electron chi connectivity index (χ4n) is 2.32. The predicted molar refractivity (Wildman–Crippen MR) is 78.7 cm³/mol. The highest BCUT2D eigenvalue weighted by Crippen LogP contribution is 2.48. The van der Waals surface area contributed by atoms with E-state index in [-0.39, 0.29) is 5.41 Å². The van der Waals surface area contributed by atoms with E-state index in [1.165, 1.54) is 12.8 Å². The third kappa shape index (κ3) is 3.45. The van der Waals surface area contributed by atoms with Gasteiger partial charge in [-0.3, -0.25) is 0 Å². The number of hydrogen-bond donors (Lipinski definition) is 1. The van der Waals surface area contributed by atoms with Crippen molar-refractivity contribution in [1.82, 2.24) is 5.32 Å². The monoisotopic (exact) mass is 290 g/mol. The van der Waals surface area contributed by atoms with Crippen molar-refractivity contribution in [2.45, 2.75) is 44.7 Å². The Bertz CT molecular complexity index is 530. The molecule has 0 atom stereocenters. The van der Waals surface area contributed by atoms with E-state index in [0.29, 0.717) is 19.1 Å². The Balaban J connectivity index is 1.63. The lowest BCUT2D eigenvalue weighted by Crippen LogP contribution is -2.18. The summed E-state index contributed by atoms with van der Waals surface area (Å²) in [6.45, 7) is 1.43. The number of halogens is 1. The quantitative estimate of drug-likeness (QED) is 0.833. The van der Waals surface area contributed by atoms with Gasteiger partial charge >= 0.3 is 0 Å². The zero-order valence-electron chi connectivity index (χ0n) is 11.5. The van der Waals surface area contributed by atoms with Gasteiger partial charge in [0, 0.05) is 35.0 Å². The van der Waals surface area contributed by atoms with Gasteiger partial charge in [0.25, 0.3) is 0 Å². The fourth-order valence-corrected chi connectivity index (χ4v) is 2.51. The van der Waals surface area contributed by atoms with Gasteiger partial charge in [-0.25, -0.2) is 0 Å². The minimum absolute atomic E-state index is 0.107. The Labute approximate surface area is 124 Å². The Morgan fingerprint density at radius 1 is 1.40 bits per heavy atom. The van der Waals surface area contributed by atoms with Crippen LogP contribution < -0.4 is 10.1 Å². The number of nitriles is 1. The summed E-state index contributed by atoms with van der Waals surface area (Å²) in [6, 6.07) is 8.70. The molecule has 0 saturated heterocycles. The van der Waals surface area contributed by atoms with E-state index in [4.69, 9.17) is 21.6 Å². The second-order valence-corrected chi connectivity index (χ2v) is 6.47. The topological polar surface area (TPSA) is 45.0 Å². The molecule has 1 aromatic rings. The third-order valence-electron chi connectivity index (χ3n) is 4.13. The van der Waals surface area contributed by atoms with Gasteiger partial charge in [0.2, 0.25) is 0 Å². The van der Waals surface area contributed by atoms with E-state index < -0.39 is 0 Å². The van der Waals surface area contributed by atoms with Crippen LogP contribution in [0.3, 0.4) is 0 Å². The summed E-state index contributed by atoms with van der Waals surface area (Å²) in [6.07, 6.45) is 5.33. The molecule has 0 amide bonds. The Morgan fingerprint density at radius 2 is 2.20 bits per heavy atom. The van der Waals surface area contributed by atoms with E-state index in [9.17, 15) is 0 Å². The summed E-state index contributed by atoms with van der Waals surface area (Å²) in [5.74, 6) is 0.895. The van der Waals surface area contributed by atoms with Gasteiger partial charge in [0.05, 0.1) is 12.7 Å². The molecule has 4 heteroatoms. The van der Waals surface area contributed by atoms with Crippen LogP contribution in [0, 0.1) is 16.7 Å². The highest BCUT2D eigenvalue weighted by molar-refractivity contribution is 6.30. The van der Waals surface area contributed by atoms with Crippen molar-refractivity contribution in [1.29, 1.82) is 5.26 Å². The third-order valence-corrected chi connectivity index (χ3v) is 4.36. The molecule has 0 aliphatic heterocycles. The average molecular weight is 291 g/mol. The maximum atomic E-state index is 8.85. The second kappa shape index (κ2) is 5.63. The smallest absolute Gasteiger partial charge is 0.123 e. The number of hydrogen-bond acceptors (Lipinski definition) is 3. The van der Waals surface area contributed by atoms with Gasteiger partial charge < -0.3 is 10.1 Å². The van der Waals surface area contributed by atoms with Gasteiger partial charge in [0.1, 0.15) is 5.75 Å². The summed E-state index contributed by atoms with van der Waals surface area (Å²) in [5, 5.41) is 13.1. The molecule has 2 aliphatic carbocycles. The van der Waals surface area contributed by atoms with Crippen molar-refractivity contribution in [3.8, 4) is 11.8 Å². The molecular formula is C16H19ClN2O. The van der Waals surface area contributed by atoms with E-state index in [1.54, 1.807) is 0 Å². The summed E-state index contributed by atoms with van der Waals surface area (Å²) >= 11 is 6.07. The lowest BCUT2D eigenvalue weighted by molar-refractivity contribution is 0.234. The van der Waals surface area contributed by atoms with Gasteiger partial charge in [-0.15, -0.1) is 0 Å². The molecule has 0 bridgehead atoms. The zero-order chi connectivity index (χ0) is 14.0. The van der Waals surface area contributed by atoms with Crippen molar-refractivity contribution < 1.29 is 4.74 Å². The first-order chi connectivity index (χ1) is 9.71. The largest absolute Gasteiger partial charge is 0.493 e. The Morgan fingerprint density at radius 3 is 2.85 bits per heavy atom. The number of nitrogens with zero attached hydrogens (tertiary/aromatic N) is 1. The Hall–Kier alpha value is -1.24. The number of benzene rings is 1. The molecule has 2 fully saturated rings. The summed E-state index contributed by atoms with van der Waals surface area (Å²) in [5.41, 5.74) is 1.22. The molecule has 0 spiro atoms. The standard InChI is InChI=1S/C16H19ClN2O/c17-13-1-4-15(12(9-13)10-19-14-2-3-14)20-11-16(5-6-16)7-8-18/h1,4,9,14,19H,2-3,5-7,10-11H2. The molecule has 0 radical (unpaired) electrons. The van der Waals surface area contributed by atoms with E-state index in [1.807, 2.05) is 18.2 Å². The first-order valence-electron chi connectivity index (χ1n) is 7.22. The normalized spacial score (nSPS) is 19.4. The van der Waals surface area contributed by atoms with Gasteiger partial charge in [-0.05, 0) is 43.9 Å². The van der Waals surface area contributed by atoms with Crippen LogP contribution in [-0.4, -0.2) is 12.6 Å². The summed E-state index contributed by atoms with van der Waals surface area (Å²) in [4.78, 5) is 0. The van der Waals surface area contributed by atoms with Crippen LogP contribution in [-0.2, 0) is 6.54 Å². The molecule has 20 heavy (non-hydrogen) atoms. The van der Waals surface area contributed by atoms with Gasteiger partial charge in [0.15, 0.2) is 0 Å². The fraction of sp³-hybridized carbons (Fsp3) is 0.562. The van der Waals surface area contributed by atoms with E-state index >= 15 is 0 Å². The molecule has 2 aliphatic rings. The van der Waals surface area contributed by atoms with Crippen molar-refractivity contribution >= 4 is 11.6 Å². The first kappa shape index (κ1) is 13.7. The van der Waals surface area contributed by atoms with E-state index in [2.05, 4.69) is 11.4 Å². The van der Waals surface area contributed by atoms with Crippen molar-refractivity contribution in [3.63, 3.8) is 0 Å². The van der Waals surface area contributed by atoms with Crippen molar-refractivity contribution in [2.24, 2.45) is 5.41 Å². The van der Waals surface area contributed by atoms with Crippen LogP contribution in [0.1, 0.15) is 37.7 Å². The molecule has 1 N–H and O–H groups in total. The molecule has 106 valence electrons. The lowest BCUT2D eigenvalue weighted by Gasteiger charge is -2.16. The molecule has 0 aromatic heterocycles. The van der Waals surface area contributed by atoms with Crippen LogP contribution >= 0.6 is 11.6 Å². The molecule has 0 unspecified atom stereocenters. The maximum Gasteiger partial charge on any atom is 0.123 e. The van der Waals surface area contributed by atoms with Crippen LogP contribution in [0.2, 0.25) is 5.02 Å². The van der Waals surface area contributed by atoms with Gasteiger partial charge in [-0.1, -0.05) is 11.6 Å². The molecule has 1 aromatic carbocycles. The van der Waals surface area contributed by atoms with E-state index in [0.717, 1.165) is 35.7 Å². The van der Waals surface area contributed by atoms with Crippen LogP contribution in [0.15, 0.2) is 18.2 Å². The number of ether oxygens (including phenoxy) is 1. The van der Waals surface area contributed by atoms with Crippen LogP contribution in [0.4, 0.5) is 0 Å². The lowest BCUT2D eigenvalue weighted by atomic mass is 10.1. The van der Waals surface area contributed by atoms with Crippen molar-refractivity contribution in [3.05, 3.63) is 28.8 Å². The maximum absolute atomic E-state index is 8.85. The molecule has 0 heterocycles. The highest BCUT2D eigenvalue weighted by atomic mass is 35.5. The van der Waals surface area contributed by atoms with Gasteiger partial charge in [-0.2, -0.15) is 5.26 Å². The molecule has 3 rings (SSSR count). The Kier molecular flexibility index (Phi) is 3.87. The molecule has 2 saturated carbocycles. The number of nitrogens with one attached hydrogen (secondary N) is 1. The first-order valence-corrected chi connectivity index (χ1v) is 7.60. The van der Waals surface area contributed by atoms with Crippen LogP contribution in [0.5, 0.6) is 5.75 Å².